The average molecular weight is 243 g/mol. The quantitative estimate of drug-likeness (QED) is 0.874. The maximum Gasteiger partial charge on any atom is 0.0709 e. The third kappa shape index (κ3) is 2.15. The predicted octanol–water partition coefficient (Wildman–Crippen LogP) is 3.18. The van der Waals surface area contributed by atoms with Crippen LogP contribution in [0.2, 0.25) is 0 Å². The minimum Gasteiger partial charge on any atom is -0.310 e. The maximum atomic E-state index is 4.45. The Balaban J connectivity index is 1.87. The first-order valence-corrected chi connectivity index (χ1v) is 7.04. The molecule has 1 atom stereocenters. The minimum absolute atomic E-state index is 0.459. The van der Waals surface area contributed by atoms with Crippen LogP contribution in [-0.4, -0.2) is 16.2 Å². The van der Waals surface area contributed by atoms with E-state index in [1.807, 2.05) is 23.0 Å². The Morgan fingerprint density at radius 2 is 2.33 bits per heavy atom. The molecule has 1 N–H and O–H groups in total. The van der Waals surface area contributed by atoms with Crippen molar-refractivity contribution in [3.63, 3.8) is 0 Å². The van der Waals surface area contributed by atoms with E-state index in [2.05, 4.69) is 29.5 Å². The Morgan fingerprint density at radius 1 is 1.44 bits per heavy atom. The highest BCUT2D eigenvalue weighted by molar-refractivity contribution is 5.54. The van der Waals surface area contributed by atoms with Crippen molar-refractivity contribution in [2.24, 2.45) is 5.92 Å². The predicted molar refractivity (Wildman–Crippen MR) is 73.6 cm³/mol. The van der Waals surface area contributed by atoms with Gasteiger partial charge in [-0.3, -0.25) is 0 Å². The van der Waals surface area contributed by atoms with Crippen LogP contribution < -0.4 is 5.32 Å². The van der Waals surface area contributed by atoms with Crippen LogP contribution in [0.3, 0.4) is 0 Å². The van der Waals surface area contributed by atoms with Gasteiger partial charge in [-0.05, 0) is 31.0 Å². The first-order chi connectivity index (χ1) is 8.88. The van der Waals surface area contributed by atoms with Crippen molar-refractivity contribution < 1.29 is 0 Å². The Hall–Kier alpha value is -1.35. The molecule has 1 aliphatic carbocycles. The fourth-order valence-corrected chi connectivity index (χ4v) is 2.85. The number of rotatable bonds is 5. The number of aromatic nitrogens is 2. The SMILES string of the molecule is CCNC(CC1CCC1)c1cnn2ccccc12. The van der Waals surface area contributed by atoms with Gasteiger partial charge in [0.25, 0.3) is 0 Å². The van der Waals surface area contributed by atoms with Gasteiger partial charge in [-0.15, -0.1) is 0 Å². The molecule has 1 unspecified atom stereocenters. The number of hydrogen-bond donors (Lipinski definition) is 1. The molecule has 3 nitrogen and oxygen atoms in total. The molecule has 2 aromatic heterocycles. The molecule has 0 bridgehead atoms. The number of hydrogen-bond acceptors (Lipinski definition) is 2. The topological polar surface area (TPSA) is 29.3 Å². The maximum absolute atomic E-state index is 4.45. The Kier molecular flexibility index (Phi) is 3.33. The molecule has 2 aromatic rings. The third-order valence-corrected chi connectivity index (χ3v) is 4.08. The standard InChI is InChI=1S/C15H21N3/c1-2-16-14(10-12-6-5-7-12)13-11-17-18-9-4-3-8-15(13)18/h3-4,8-9,11-12,14,16H,2,5-7,10H2,1H3. The van der Waals surface area contributed by atoms with E-state index < -0.39 is 0 Å². The second kappa shape index (κ2) is 5.11. The lowest BCUT2D eigenvalue weighted by Crippen LogP contribution is -2.25. The van der Waals surface area contributed by atoms with Crippen LogP contribution in [0.4, 0.5) is 0 Å². The van der Waals surface area contributed by atoms with E-state index in [0.717, 1.165) is 12.5 Å². The van der Waals surface area contributed by atoms with E-state index in [4.69, 9.17) is 0 Å². The molecule has 1 aliphatic rings. The zero-order chi connectivity index (χ0) is 12.4. The second-order valence-corrected chi connectivity index (χ2v) is 5.27. The molecule has 2 heterocycles. The van der Waals surface area contributed by atoms with Crippen LogP contribution in [0, 0.1) is 5.92 Å². The Labute approximate surface area is 108 Å². The van der Waals surface area contributed by atoms with Gasteiger partial charge in [-0.1, -0.05) is 32.3 Å². The molecule has 96 valence electrons. The summed E-state index contributed by atoms with van der Waals surface area (Å²) >= 11 is 0. The molecule has 1 fully saturated rings. The number of nitrogens with one attached hydrogen (secondary N) is 1. The molecule has 3 heteroatoms. The van der Waals surface area contributed by atoms with Gasteiger partial charge >= 0.3 is 0 Å². The van der Waals surface area contributed by atoms with Crippen LogP contribution in [0.1, 0.15) is 44.2 Å². The van der Waals surface area contributed by atoms with Gasteiger partial charge < -0.3 is 5.32 Å². The van der Waals surface area contributed by atoms with Gasteiger partial charge in [-0.2, -0.15) is 5.10 Å². The second-order valence-electron chi connectivity index (χ2n) is 5.27. The number of fused-ring (bicyclic) bond motifs is 1. The van der Waals surface area contributed by atoms with Gasteiger partial charge in [-0.25, -0.2) is 4.52 Å². The zero-order valence-electron chi connectivity index (χ0n) is 11.0. The molecule has 1 saturated carbocycles. The summed E-state index contributed by atoms with van der Waals surface area (Å²) in [6.07, 6.45) is 9.52. The molecule has 0 amide bonds. The Bertz CT molecular complexity index is 513. The van der Waals surface area contributed by atoms with Crippen molar-refractivity contribution in [2.75, 3.05) is 6.54 Å². The largest absolute Gasteiger partial charge is 0.310 e. The number of pyridine rings is 1. The van der Waals surface area contributed by atoms with Crippen LogP contribution in [-0.2, 0) is 0 Å². The van der Waals surface area contributed by atoms with Gasteiger partial charge in [0.05, 0.1) is 11.7 Å². The van der Waals surface area contributed by atoms with Crippen molar-refractivity contribution in [3.8, 4) is 0 Å². The van der Waals surface area contributed by atoms with Gasteiger partial charge in [0.1, 0.15) is 0 Å². The molecule has 0 spiro atoms. The molecule has 0 saturated heterocycles. The minimum atomic E-state index is 0.459. The van der Waals surface area contributed by atoms with Crippen LogP contribution >= 0.6 is 0 Å². The summed E-state index contributed by atoms with van der Waals surface area (Å²) in [6.45, 7) is 3.20. The molecular formula is C15H21N3. The van der Waals surface area contributed by atoms with Crippen LogP contribution in [0.15, 0.2) is 30.6 Å². The summed E-state index contributed by atoms with van der Waals surface area (Å²) in [4.78, 5) is 0. The lowest BCUT2D eigenvalue weighted by molar-refractivity contribution is 0.263. The van der Waals surface area contributed by atoms with E-state index in [9.17, 15) is 0 Å². The van der Waals surface area contributed by atoms with Gasteiger partial charge in [0.15, 0.2) is 0 Å². The highest BCUT2D eigenvalue weighted by Gasteiger charge is 2.24. The molecular weight excluding hydrogens is 222 g/mol. The smallest absolute Gasteiger partial charge is 0.0709 e. The van der Waals surface area contributed by atoms with Crippen molar-refractivity contribution in [1.82, 2.24) is 14.9 Å². The summed E-state index contributed by atoms with van der Waals surface area (Å²) in [7, 11) is 0. The van der Waals surface area contributed by atoms with Crippen LogP contribution in [0.5, 0.6) is 0 Å². The van der Waals surface area contributed by atoms with Gasteiger partial charge in [0.2, 0.25) is 0 Å². The van der Waals surface area contributed by atoms with Crippen molar-refractivity contribution in [2.45, 2.75) is 38.6 Å². The molecule has 0 radical (unpaired) electrons. The molecule has 3 rings (SSSR count). The zero-order valence-corrected chi connectivity index (χ0v) is 11.0. The summed E-state index contributed by atoms with van der Waals surface area (Å²) in [6, 6.07) is 6.73. The van der Waals surface area contributed by atoms with Crippen LogP contribution in [0.25, 0.3) is 5.52 Å². The lowest BCUT2D eigenvalue weighted by Gasteiger charge is -2.29. The van der Waals surface area contributed by atoms with Crippen molar-refractivity contribution in [3.05, 3.63) is 36.2 Å². The van der Waals surface area contributed by atoms with E-state index in [0.29, 0.717) is 6.04 Å². The fraction of sp³-hybridized carbons (Fsp3) is 0.533. The summed E-state index contributed by atoms with van der Waals surface area (Å²) in [5.41, 5.74) is 2.59. The Morgan fingerprint density at radius 3 is 3.06 bits per heavy atom. The first-order valence-electron chi connectivity index (χ1n) is 7.04. The summed E-state index contributed by atoms with van der Waals surface area (Å²) in [5, 5.41) is 8.07. The normalized spacial score (nSPS) is 17.8. The van der Waals surface area contributed by atoms with Crippen molar-refractivity contribution in [1.29, 1.82) is 0 Å². The number of nitrogens with zero attached hydrogens (tertiary/aromatic N) is 2. The lowest BCUT2D eigenvalue weighted by atomic mass is 9.80. The van der Waals surface area contributed by atoms with E-state index in [-0.39, 0.29) is 0 Å². The third-order valence-electron chi connectivity index (χ3n) is 4.08. The van der Waals surface area contributed by atoms with Crippen molar-refractivity contribution >= 4 is 5.52 Å². The fourth-order valence-electron chi connectivity index (χ4n) is 2.85. The molecule has 0 aliphatic heterocycles. The van der Waals surface area contributed by atoms with E-state index >= 15 is 0 Å². The van der Waals surface area contributed by atoms with Gasteiger partial charge in [0, 0.05) is 17.8 Å². The monoisotopic (exact) mass is 243 g/mol. The van der Waals surface area contributed by atoms with E-state index in [1.165, 1.54) is 36.8 Å². The first kappa shape index (κ1) is 11.7. The highest BCUT2D eigenvalue weighted by atomic mass is 15.2. The highest BCUT2D eigenvalue weighted by Crippen LogP contribution is 2.35. The van der Waals surface area contributed by atoms with E-state index in [1.54, 1.807) is 0 Å². The summed E-state index contributed by atoms with van der Waals surface area (Å²) < 4.78 is 1.97. The average Bonchev–Trinajstić information content (AvgIpc) is 2.76. The molecule has 18 heavy (non-hydrogen) atoms. The summed E-state index contributed by atoms with van der Waals surface area (Å²) in [5.74, 6) is 0.910. The molecule has 0 aromatic carbocycles.